The minimum atomic E-state index is -0.481. The van der Waals surface area contributed by atoms with Gasteiger partial charge >= 0.3 is 0 Å². The Hall–Kier alpha value is -4.01. The van der Waals surface area contributed by atoms with Gasteiger partial charge in [-0.2, -0.15) is 0 Å². The molecule has 9 nitrogen and oxygen atoms in total. The van der Waals surface area contributed by atoms with Crippen LogP contribution >= 0.6 is 0 Å². The molecule has 0 radical (unpaired) electrons. The molecule has 1 aromatic heterocycles. The minimum absolute atomic E-state index is 0.0227. The molecular formula is C19H17N5O4. The first-order valence-corrected chi connectivity index (χ1v) is 8.37. The summed E-state index contributed by atoms with van der Waals surface area (Å²) in [6, 6.07) is 13.1. The molecule has 1 amide bonds. The van der Waals surface area contributed by atoms with Gasteiger partial charge < -0.3 is 5.43 Å². The third-order valence-electron chi connectivity index (χ3n) is 3.97. The zero-order valence-electron chi connectivity index (χ0n) is 15.0. The second-order valence-corrected chi connectivity index (χ2v) is 5.96. The summed E-state index contributed by atoms with van der Waals surface area (Å²) in [6.45, 7) is 1.42. The Labute approximate surface area is 159 Å². The van der Waals surface area contributed by atoms with Crippen LogP contribution in [0.2, 0.25) is 0 Å². The first-order valence-electron chi connectivity index (χ1n) is 8.37. The highest BCUT2D eigenvalue weighted by Crippen LogP contribution is 2.13. The molecule has 0 atom stereocenters. The van der Waals surface area contributed by atoms with Crippen molar-refractivity contribution in [3.63, 3.8) is 0 Å². The van der Waals surface area contributed by atoms with E-state index in [1.807, 2.05) is 6.07 Å². The topological polar surface area (TPSA) is 119 Å². The van der Waals surface area contributed by atoms with Gasteiger partial charge in [-0.25, -0.2) is 4.98 Å². The number of carbonyl (C=O) groups is 1. The van der Waals surface area contributed by atoms with Crippen LogP contribution in [0.15, 0.2) is 59.5 Å². The van der Waals surface area contributed by atoms with Crippen LogP contribution in [-0.2, 0) is 11.3 Å². The van der Waals surface area contributed by atoms with E-state index in [-0.39, 0.29) is 17.8 Å². The van der Waals surface area contributed by atoms with Crippen molar-refractivity contribution in [3.8, 4) is 0 Å². The van der Waals surface area contributed by atoms with Crippen LogP contribution in [-0.4, -0.2) is 20.4 Å². The van der Waals surface area contributed by atoms with E-state index in [2.05, 4.69) is 15.8 Å². The smallest absolute Gasteiger partial charge is 0.272 e. The van der Waals surface area contributed by atoms with Crippen LogP contribution in [0, 0.1) is 17.0 Å². The van der Waals surface area contributed by atoms with Crippen molar-refractivity contribution in [1.29, 1.82) is 0 Å². The number of hydrazine groups is 1. The predicted octanol–water partition coefficient (Wildman–Crippen LogP) is 1.90. The van der Waals surface area contributed by atoms with Crippen molar-refractivity contribution in [3.05, 3.63) is 86.5 Å². The lowest BCUT2D eigenvalue weighted by molar-refractivity contribution is -0.384. The van der Waals surface area contributed by atoms with Crippen LogP contribution in [0.25, 0.3) is 17.1 Å². The largest absolute Gasteiger partial charge is 0.306 e. The van der Waals surface area contributed by atoms with Crippen LogP contribution < -0.4 is 16.4 Å². The average Bonchev–Trinajstić information content (AvgIpc) is 2.69. The SMILES string of the molecule is Cc1nc2ccccc2n(CC(=O)NN/C=C\c2cccc([N+](=O)[O-])c2)c1=O. The number of amides is 1. The lowest BCUT2D eigenvalue weighted by Crippen LogP contribution is -2.39. The second kappa shape index (κ2) is 8.12. The Morgan fingerprint density at radius 1 is 1.25 bits per heavy atom. The maximum absolute atomic E-state index is 12.4. The molecule has 0 spiro atoms. The Bertz CT molecular complexity index is 1140. The maximum Gasteiger partial charge on any atom is 0.272 e. The molecule has 0 saturated carbocycles. The highest BCUT2D eigenvalue weighted by atomic mass is 16.6. The number of aromatic nitrogens is 2. The predicted molar refractivity (Wildman–Crippen MR) is 104 cm³/mol. The number of nitro groups is 1. The molecular weight excluding hydrogens is 362 g/mol. The molecule has 3 aromatic rings. The van der Waals surface area contributed by atoms with Crippen molar-refractivity contribution in [2.75, 3.05) is 0 Å². The zero-order chi connectivity index (χ0) is 20.1. The minimum Gasteiger partial charge on any atom is -0.306 e. The standard InChI is InChI=1S/C19H17N5O4/c1-13-19(26)23(17-8-3-2-7-16(17)21-13)12-18(25)22-20-10-9-14-5-4-6-15(11-14)24(27)28/h2-11,20H,12H2,1H3,(H,22,25)/b10-9-. The van der Waals surface area contributed by atoms with Gasteiger partial charge in [0.1, 0.15) is 12.2 Å². The highest BCUT2D eigenvalue weighted by molar-refractivity contribution is 5.80. The van der Waals surface area contributed by atoms with Gasteiger partial charge in [-0.05, 0) is 30.7 Å². The summed E-state index contributed by atoms with van der Waals surface area (Å²) >= 11 is 0. The quantitative estimate of drug-likeness (QED) is 0.499. The maximum atomic E-state index is 12.4. The molecule has 0 aliphatic carbocycles. The molecule has 142 valence electrons. The normalized spacial score (nSPS) is 10.9. The number of rotatable bonds is 6. The highest BCUT2D eigenvalue weighted by Gasteiger charge is 2.11. The average molecular weight is 379 g/mol. The lowest BCUT2D eigenvalue weighted by atomic mass is 10.2. The van der Waals surface area contributed by atoms with Gasteiger partial charge in [0.05, 0.1) is 16.0 Å². The number of carbonyl (C=O) groups excluding carboxylic acids is 1. The molecule has 3 rings (SSSR count). The number of nitrogens with one attached hydrogen (secondary N) is 2. The second-order valence-electron chi connectivity index (χ2n) is 5.96. The molecule has 0 aliphatic heterocycles. The van der Waals surface area contributed by atoms with E-state index in [1.165, 1.54) is 22.9 Å². The summed E-state index contributed by atoms with van der Waals surface area (Å²) in [4.78, 5) is 39.1. The summed E-state index contributed by atoms with van der Waals surface area (Å²) in [5.41, 5.74) is 6.82. The number of non-ortho nitro benzene ring substituents is 1. The van der Waals surface area contributed by atoms with Crippen molar-refractivity contribution in [1.82, 2.24) is 20.4 Å². The number of fused-ring (bicyclic) bond motifs is 1. The zero-order valence-corrected chi connectivity index (χ0v) is 15.0. The number of nitrogens with zero attached hydrogens (tertiary/aromatic N) is 3. The summed E-state index contributed by atoms with van der Waals surface area (Å²) in [7, 11) is 0. The van der Waals surface area contributed by atoms with E-state index < -0.39 is 10.8 Å². The Morgan fingerprint density at radius 3 is 2.82 bits per heavy atom. The van der Waals surface area contributed by atoms with Gasteiger partial charge in [0.2, 0.25) is 0 Å². The molecule has 28 heavy (non-hydrogen) atoms. The van der Waals surface area contributed by atoms with Crippen molar-refractivity contribution < 1.29 is 9.72 Å². The van der Waals surface area contributed by atoms with E-state index in [9.17, 15) is 19.7 Å². The molecule has 2 N–H and O–H groups in total. The molecule has 9 heteroatoms. The summed E-state index contributed by atoms with van der Waals surface area (Å²) < 4.78 is 1.36. The number of nitro benzene ring substituents is 1. The summed E-state index contributed by atoms with van der Waals surface area (Å²) in [5.74, 6) is -0.429. The van der Waals surface area contributed by atoms with E-state index in [0.29, 0.717) is 22.3 Å². The van der Waals surface area contributed by atoms with Gasteiger partial charge in [0, 0.05) is 18.3 Å². The summed E-state index contributed by atoms with van der Waals surface area (Å²) in [6.07, 6.45) is 3.01. The third-order valence-corrected chi connectivity index (χ3v) is 3.97. The van der Waals surface area contributed by atoms with E-state index in [1.54, 1.807) is 43.3 Å². The van der Waals surface area contributed by atoms with Gasteiger partial charge in [-0.15, -0.1) is 0 Å². The van der Waals surface area contributed by atoms with Crippen molar-refractivity contribution in [2.24, 2.45) is 0 Å². The van der Waals surface area contributed by atoms with Crippen LogP contribution in [0.4, 0.5) is 5.69 Å². The molecule has 0 unspecified atom stereocenters. The molecule has 2 aromatic carbocycles. The van der Waals surface area contributed by atoms with Gasteiger partial charge in [0.15, 0.2) is 0 Å². The van der Waals surface area contributed by atoms with Crippen LogP contribution in [0.1, 0.15) is 11.3 Å². The number of hydrogen-bond donors (Lipinski definition) is 2. The summed E-state index contributed by atoms with van der Waals surface area (Å²) in [5, 5.41) is 10.8. The molecule has 0 fully saturated rings. The number of hydrogen-bond acceptors (Lipinski definition) is 6. The number of benzene rings is 2. The monoisotopic (exact) mass is 379 g/mol. The fourth-order valence-electron chi connectivity index (χ4n) is 2.66. The fourth-order valence-corrected chi connectivity index (χ4v) is 2.66. The first-order chi connectivity index (χ1) is 13.5. The molecule has 1 heterocycles. The number of aryl methyl sites for hydroxylation is 1. The Balaban J connectivity index is 1.66. The Morgan fingerprint density at radius 2 is 2.04 bits per heavy atom. The van der Waals surface area contributed by atoms with E-state index in [4.69, 9.17) is 0 Å². The lowest BCUT2D eigenvalue weighted by Gasteiger charge is -2.11. The van der Waals surface area contributed by atoms with Gasteiger partial charge in [0.25, 0.3) is 17.2 Å². The van der Waals surface area contributed by atoms with Crippen LogP contribution in [0.3, 0.4) is 0 Å². The molecule has 0 aliphatic rings. The van der Waals surface area contributed by atoms with Crippen molar-refractivity contribution in [2.45, 2.75) is 13.5 Å². The van der Waals surface area contributed by atoms with Gasteiger partial charge in [-0.3, -0.25) is 29.7 Å². The van der Waals surface area contributed by atoms with Crippen LogP contribution in [0.5, 0.6) is 0 Å². The third kappa shape index (κ3) is 4.21. The molecule has 0 bridgehead atoms. The number of para-hydroxylation sites is 2. The first kappa shape index (κ1) is 18.8. The van der Waals surface area contributed by atoms with E-state index >= 15 is 0 Å². The van der Waals surface area contributed by atoms with Gasteiger partial charge in [-0.1, -0.05) is 24.3 Å². The van der Waals surface area contributed by atoms with Crippen molar-refractivity contribution >= 4 is 28.7 Å². The fraction of sp³-hybridized carbons (Fsp3) is 0.105. The Kier molecular flexibility index (Phi) is 5.45. The van der Waals surface area contributed by atoms with E-state index in [0.717, 1.165) is 0 Å². The molecule has 0 saturated heterocycles.